The van der Waals surface area contributed by atoms with E-state index in [2.05, 4.69) is 20.7 Å². The van der Waals surface area contributed by atoms with Crippen molar-refractivity contribution < 1.29 is 27.4 Å². The molecule has 8 heteroatoms. The number of ether oxygens (including phenoxy) is 2. The number of hydrogen-bond acceptors (Lipinski definition) is 4. The monoisotopic (exact) mass is 351 g/mol. The third-order valence-corrected chi connectivity index (χ3v) is 2.87. The minimum Gasteiger partial charge on any atom is -0.466 e. The molecule has 0 radical (unpaired) electrons. The summed E-state index contributed by atoms with van der Waals surface area (Å²) < 4.78 is 45.2. The first kappa shape index (κ1) is 16.3. The maximum Gasteiger partial charge on any atom is 0.573 e. The first-order valence-corrected chi connectivity index (χ1v) is 6.20. The van der Waals surface area contributed by atoms with Gasteiger partial charge in [0, 0.05) is 4.47 Å². The summed E-state index contributed by atoms with van der Waals surface area (Å²) in [5, 5.41) is 8.84. The Morgan fingerprint density at radius 2 is 2.10 bits per heavy atom. The van der Waals surface area contributed by atoms with E-state index in [4.69, 9.17) is 10.00 Å². The molecule has 1 aromatic carbocycles. The number of rotatable bonds is 4. The molecule has 0 heterocycles. The second kappa shape index (κ2) is 6.61. The summed E-state index contributed by atoms with van der Waals surface area (Å²) in [4.78, 5) is 11.3. The highest BCUT2D eigenvalue weighted by atomic mass is 79.9. The molecule has 1 aromatic rings. The van der Waals surface area contributed by atoms with Gasteiger partial charge in [-0.1, -0.05) is 15.9 Å². The molecule has 0 aromatic heterocycles. The topological polar surface area (TPSA) is 59.3 Å². The molecule has 4 nitrogen and oxygen atoms in total. The normalized spacial score (nSPS) is 10.8. The lowest BCUT2D eigenvalue weighted by Crippen LogP contribution is -2.18. The van der Waals surface area contributed by atoms with Crippen LogP contribution in [0.3, 0.4) is 0 Å². The van der Waals surface area contributed by atoms with Crippen LogP contribution in [0.4, 0.5) is 13.2 Å². The van der Waals surface area contributed by atoms with Crippen LogP contribution in [0.25, 0.3) is 0 Å². The van der Waals surface area contributed by atoms with Crippen molar-refractivity contribution in [1.29, 1.82) is 5.26 Å². The highest BCUT2D eigenvalue weighted by Crippen LogP contribution is 2.31. The predicted molar refractivity (Wildman–Crippen MR) is 65.9 cm³/mol. The van der Waals surface area contributed by atoms with E-state index in [9.17, 15) is 18.0 Å². The summed E-state index contributed by atoms with van der Waals surface area (Å²) in [7, 11) is 0. The number of hydrogen-bond donors (Lipinski definition) is 0. The summed E-state index contributed by atoms with van der Waals surface area (Å²) >= 11 is 3.03. The van der Waals surface area contributed by atoms with Crippen LogP contribution < -0.4 is 4.74 Å². The molecule has 108 valence electrons. The summed E-state index contributed by atoms with van der Waals surface area (Å²) in [6.45, 7) is 1.82. The van der Waals surface area contributed by atoms with Crippen LogP contribution >= 0.6 is 15.9 Å². The van der Waals surface area contributed by atoms with Crippen LogP contribution in [-0.2, 0) is 16.0 Å². The second-order valence-corrected chi connectivity index (χ2v) is 4.44. The molecule has 0 aliphatic carbocycles. The molecular formula is C12H9BrF3NO3. The standard InChI is InChI=1S/C12H9BrF3NO3/c1-2-19-11(18)4-7-3-8(6-17)10(5-9(7)13)20-12(14,15)16/h3,5H,2,4H2,1H3. The van der Waals surface area contributed by atoms with Gasteiger partial charge < -0.3 is 9.47 Å². The molecule has 0 amide bonds. The Balaban J connectivity index is 3.08. The Morgan fingerprint density at radius 1 is 1.45 bits per heavy atom. The summed E-state index contributed by atoms with van der Waals surface area (Å²) in [6, 6.07) is 3.75. The molecular weight excluding hydrogens is 343 g/mol. The minimum atomic E-state index is -4.90. The molecule has 0 spiro atoms. The SMILES string of the molecule is CCOC(=O)Cc1cc(C#N)c(OC(F)(F)F)cc1Br. The Bertz CT molecular complexity index is 552. The number of nitriles is 1. The number of alkyl halides is 3. The number of nitrogens with zero attached hydrogens (tertiary/aromatic N) is 1. The van der Waals surface area contributed by atoms with Gasteiger partial charge in [-0.05, 0) is 24.6 Å². The van der Waals surface area contributed by atoms with E-state index in [0.29, 0.717) is 5.56 Å². The number of esters is 1. The van der Waals surface area contributed by atoms with E-state index >= 15 is 0 Å². The summed E-state index contributed by atoms with van der Waals surface area (Å²) in [5.41, 5.74) is 0.0272. The lowest BCUT2D eigenvalue weighted by molar-refractivity contribution is -0.274. The lowest BCUT2D eigenvalue weighted by atomic mass is 10.1. The van der Waals surface area contributed by atoms with Gasteiger partial charge in [0.25, 0.3) is 0 Å². The number of benzene rings is 1. The van der Waals surface area contributed by atoms with E-state index in [-0.39, 0.29) is 23.1 Å². The molecule has 0 unspecified atom stereocenters. The molecule has 20 heavy (non-hydrogen) atoms. The average Bonchev–Trinajstić information content (AvgIpc) is 2.31. The van der Waals surface area contributed by atoms with Crippen molar-refractivity contribution in [3.8, 4) is 11.8 Å². The highest BCUT2D eigenvalue weighted by molar-refractivity contribution is 9.10. The Kier molecular flexibility index (Phi) is 5.39. The van der Waals surface area contributed by atoms with Gasteiger partial charge in [-0.3, -0.25) is 4.79 Å². The first-order valence-electron chi connectivity index (χ1n) is 5.40. The summed E-state index contributed by atoms with van der Waals surface area (Å²) in [6.07, 6.45) is -5.05. The van der Waals surface area contributed by atoms with Gasteiger partial charge in [0.2, 0.25) is 0 Å². The third-order valence-electron chi connectivity index (χ3n) is 2.13. The van der Waals surface area contributed by atoms with Gasteiger partial charge in [0.15, 0.2) is 0 Å². The molecule has 0 bridgehead atoms. The first-order chi connectivity index (χ1) is 9.26. The Morgan fingerprint density at radius 3 is 2.60 bits per heavy atom. The zero-order chi connectivity index (χ0) is 15.3. The highest BCUT2D eigenvalue weighted by Gasteiger charge is 2.32. The maximum atomic E-state index is 12.2. The van der Waals surface area contributed by atoms with Crippen LogP contribution in [0, 0.1) is 11.3 Å². The predicted octanol–water partition coefficient (Wildman–Crippen LogP) is 3.32. The van der Waals surface area contributed by atoms with E-state index in [1.807, 2.05) is 0 Å². The zero-order valence-electron chi connectivity index (χ0n) is 10.3. The zero-order valence-corrected chi connectivity index (χ0v) is 11.8. The van der Waals surface area contributed by atoms with Gasteiger partial charge in [0.05, 0.1) is 18.6 Å². The fourth-order valence-electron chi connectivity index (χ4n) is 1.40. The van der Waals surface area contributed by atoms with E-state index in [1.54, 1.807) is 13.0 Å². The fourth-order valence-corrected chi connectivity index (χ4v) is 1.86. The van der Waals surface area contributed by atoms with Crippen LogP contribution in [-0.4, -0.2) is 18.9 Å². The number of carbonyl (C=O) groups is 1. The van der Waals surface area contributed by atoms with Gasteiger partial charge >= 0.3 is 12.3 Å². The van der Waals surface area contributed by atoms with E-state index < -0.39 is 18.1 Å². The molecule has 0 aliphatic rings. The molecule has 0 fully saturated rings. The summed E-state index contributed by atoms with van der Waals surface area (Å²) in [5.74, 6) is -1.17. The van der Waals surface area contributed by atoms with Gasteiger partial charge in [-0.25, -0.2) is 0 Å². The largest absolute Gasteiger partial charge is 0.573 e. The smallest absolute Gasteiger partial charge is 0.466 e. The van der Waals surface area contributed by atoms with Crippen molar-refractivity contribution in [1.82, 2.24) is 0 Å². The van der Waals surface area contributed by atoms with Gasteiger partial charge in [-0.15, -0.1) is 13.2 Å². The van der Waals surface area contributed by atoms with Gasteiger partial charge in [-0.2, -0.15) is 5.26 Å². The molecule has 1 rings (SSSR count). The maximum absolute atomic E-state index is 12.2. The number of carbonyl (C=O) groups excluding carboxylic acids is 1. The van der Waals surface area contributed by atoms with Crippen molar-refractivity contribution in [3.63, 3.8) is 0 Å². The van der Waals surface area contributed by atoms with Crippen molar-refractivity contribution >= 4 is 21.9 Å². The average molecular weight is 352 g/mol. The fraction of sp³-hybridized carbons (Fsp3) is 0.333. The second-order valence-electron chi connectivity index (χ2n) is 3.58. The minimum absolute atomic E-state index is 0.157. The molecule has 0 saturated carbocycles. The quantitative estimate of drug-likeness (QED) is 0.780. The molecule has 0 atom stereocenters. The molecule has 0 N–H and O–H groups in total. The van der Waals surface area contributed by atoms with Crippen molar-refractivity contribution in [2.24, 2.45) is 0 Å². The molecule has 0 saturated heterocycles. The van der Waals surface area contributed by atoms with E-state index in [1.165, 1.54) is 0 Å². The Hall–Kier alpha value is -1.75. The third kappa shape index (κ3) is 4.74. The van der Waals surface area contributed by atoms with Gasteiger partial charge in [0.1, 0.15) is 11.8 Å². The van der Waals surface area contributed by atoms with Crippen molar-refractivity contribution in [2.75, 3.05) is 6.61 Å². The number of halogens is 4. The van der Waals surface area contributed by atoms with Crippen molar-refractivity contribution in [2.45, 2.75) is 19.7 Å². The van der Waals surface area contributed by atoms with Crippen molar-refractivity contribution in [3.05, 3.63) is 27.7 Å². The van der Waals surface area contributed by atoms with Crippen LogP contribution in [0.15, 0.2) is 16.6 Å². The Labute approximate surface area is 121 Å². The molecule has 0 aliphatic heterocycles. The lowest BCUT2D eigenvalue weighted by Gasteiger charge is -2.12. The van der Waals surface area contributed by atoms with Crippen LogP contribution in [0.1, 0.15) is 18.1 Å². The van der Waals surface area contributed by atoms with Crippen LogP contribution in [0.2, 0.25) is 0 Å². The van der Waals surface area contributed by atoms with E-state index in [0.717, 1.165) is 12.1 Å². The van der Waals surface area contributed by atoms with Crippen LogP contribution in [0.5, 0.6) is 5.75 Å².